The van der Waals surface area contributed by atoms with Gasteiger partial charge in [-0.15, -0.1) is 0 Å². The Morgan fingerprint density at radius 2 is 1.15 bits per heavy atom. The Bertz CT molecular complexity index is 2710. The van der Waals surface area contributed by atoms with Crippen molar-refractivity contribution < 1.29 is 9.47 Å². The first kappa shape index (κ1) is 48.7. The molecule has 4 aliphatic rings. The number of aryl methyl sites for hydroxylation is 1. The zero-order valence-corrected chi connectivity index (χ0v) is 47.9. The van der Waals surface area contributed by atoms with Crippen molar-refractivity contribution in [2.24, 2.45) is 18.9 Å². The molecule has 14 nitrogen and oxygen atoms in total. The number of halogens is 4. The van der Waals surface area contributed by atoms with Gasteiger partial charge in [0.2, 0.25) is 0 Å². The third-order valence-corrected chi connectivity index (χ3v) is 19.4. The van der Waals surface area contributed by atoms with E-state index in [2.05, 4.69) is 128 Å². The van der Waals surface area contributed by atoms with E-state index in [1.807, 2.05) is 34.7 Å². The first-order valence-electron chi connectivity index (χ1n) is 23.7. The molecule has 0 N–H and O–H groups in total. The zero-order valence-electron chi connectivity index (χ0n) is 39.8. The summed E-state index contributed by atoms with van der Waals surface area (Å²) in [4.78, 5) is 25.2. The fourth-order valence-corrected chi connectivity index (χ4v) is 13.9. The number of rotatable bonds is 13. The summed E-state index contributed by atoms with van der Waals surface area (Å²) in [6.45, 7) is 21.2. The van der Waals surface area contributed by atoms with Crippen molar-refractivity contribution in [3.63, 3.8) is 0 Å². The van der Waals surface area contributed by atoms with Crippen molar-refractivity contribution in [2.75, 3.05) is 23.0 Å². The molecule has 4 aliphatic heterocycles. The van der Waals surface area contributed by atoms with Crippen LogP contribution in [0.5, 0.6) is 0 Å². The second kappa shape index (κ2) is 19.5. The average Bonchev–Trinajstić information content (AvgIpc) is 4.01. The molecule has 66 heavy (non-hydrogen) atoms. The predicted octanol–water partition coefficient (Wildman–Crippen LogP) is 12.1. The van der Waals surface area contributed by atoms with Gasteiger partial charge in [-0.3, -0.25) is 4.68 Å². The lowest BCUT2D eigenvalue weighted by atomic mass is 9.92. The second-order valence-electron chi connectivity index (χ2n) is 21.8. The lowest BCUT2D eigenvalue weighted by molar-refractivity contribution is 0.0810. The summed E-state index contributed by atoms with van der Waals surface area (Å²) in [5, 5.41) is 15.6. The van der Waals surface area contributed by atoms with E-state index in [0.717, 1.165) is 93.9 Å². The minimum absolute atomic E-state index is 0.327. The van der Waals surface area contributed by atoms with Crippen molar-refractivity contribution in [3.8, 4) is 11.3 Å². The van der Waals surface area contributed by atoms with Crippen molar-refractivity contribution in [1.82, 2.24) is 49.3 Å². The molecule has 6 atom stereocenters. The summed E-state index contributed by atoms with van der Waals surface area (Å²) in [7, 11) is -0.397. The van der Waals surface area contributed by atoms with Gasteiger partial charge >= 0.3 is 0 Å². The zero-order chi connectivity index (χ0) is 46.8. The number of anilines is 2. The molecule has 20 heteroatoms. The smallest absolute Gasteiger partial charge is 0.182 e. The van der Waals surface area contributed by atoms with Gasteiger partial charge in [0, 0.05) is 77.7 Å². The highest BCUT2D eigenvalue weighted by Crippen LogP contribution is 2.45. The van der Waals surface area contributed by atoms with Crippen molar-refractivity contribution in [3.05, 3.63) is 36.3 Å². The molecule has 10 rings (SSSR count). The van der Waals surface area contributed by atoms with Crippen molar-refractivity contribution in [1.29, 1.82) is 0 Å². The largest absolute Gasteiger partial charge is 0.359 e. The van der Waals surface area contributed by atoms with Gasteiger partial charge in [0.1, 0.15) is 39.4 Å². The Morgan fingerprint density at radius 3 is 1.65 bits per heavy atom. The molecule has 2 unspecified atom stereocenters. The van der Waals surface area contributed by atoms with Crippen LogP contribution < -0.4 is 9.80 Å². The summed E-state index contributed by atoms with van der Waals surface area (Å²) in [6, 6.07) is 8.40. The monoisotopic (exact) mass is 1190 g/mol. The minimum atomic E-state index is -1.20. The number of ether oxygens (including phenoxy) is 2. The van der Waals surface area contributed by atoms with Crippen molar-refractivity contribution >= 4 is 127 Å². The molecule has 5 aromatic heterocycles. The van der Waals surface area contributed by atoms with Crippen LogP contribution >= 0.6 is 66.1 Å². The van der Waals surface area contributed by atoms with Gasteiger partial charge in [-0.05, 0) is 142 Å². The standard InChI is InChI=1S/C27H35BrClN7OSi.C19H29BrIN5OSi/c1-16-12-17-6-7-18(13-16)36(17)27-25(28)30-24-23(19-8-9-21-20(22(19)29)14-34(2)32-21)33-35(26(24)31-27)15-37-10-11-38(3,4)5;1-12-9-13-5-6-14(10-12)26(13)19-16(20)22-15-17(21)24-25(18(15)23-19)11-27-7-8-28(2,3)4/h8-9,14,16-18H,6-7,10-13,15H2,1-5H3;12-14H,5-11H2,1-4H3/t16?,17-,18+;12?,13-,14+. The Labute approximate surface area is 426 Å². The number of hydrogen-bond donors (Lipinski definition) is 0. The average molecular weight is 1200 g/mol. The summed E-state index contributed by atoms with van der Waals surface area (Å²) >= 11 is 16.7. The van der Waals surface area contributed by atoms with Crippen LogP contribution in [-0.4, -0.2) is 103 Å². The summed E-state index contributed by atoms with van der Waals surface area (Å²) in [6.07, 6.45) is 11.8. The molecule has 0 amide bonds. The third kappa shape index (κ3) is 10.3. The molecule has 1 aromatic carbocycles. The highest BCUT2D eigenvalue weighted by Gasteiger charge is 2.43. The van der Waals surface area contributed by atoms with Crippen LogP contribution in [0.15, 0.2) is 27.5 Å². The van der Waals surface area contributed by atoms with E-state index in [1.54, 1.807) is 4.68 Å². The SMILES string of the molecule is CC1C[C@H]2CC[C@@H](C1)N2c1nc2c(nc1Br)c(-c1ccc3nn(C)cc3c1Cl)nn2COCC[Si](C)(C)C.CC1C[C@H]2CC[C@@H](C1)N2c1nc2c(nc1Br)c(I)nn2COCC[Si](C)(C)C. The quantitative estimate of drug-likeness (QED) is 0.0622. The highest BCUT2D eigenvalue weighted by atomic mass is 127. The van der Waals surface area contributed by atoms with Gasteiger partial charge in [0.05, 0.1) is 10.5 Å². The van der Waals surface area contributed by atoms with Crippen LogP contribution in [0.3, 0.4) is 0 Å². The second-order valence-corrected chi connectivity index (χ2v) is 35.9. The van der Waals surface area contributed by atoms with E-state index in [9.17, 15) is 0 Å². The molecule has 0 spiro atoms. The van der Waals surface area contributed by atoms with Gasteiger partial charge < -0.3 is 19.3 Å². The molecule has 6 aromatic rings. The Balaban J connectivity index is 0.000000174. The summed E-state index contributed by atoms with van der Waals surface area (Å²) < 4.78 is 20.1. The maximum Gasteiger partial charge on any atom is 0.182 e. The Morgan fingerprint density at radius 1 is 0.682 bits per heavy atom. The van der Waals surface area contributed by atoms with E-state index in [0.29, 0.717) is 55.0 Å². The maximum absolute atomic E-state index is 6.93. The topological polar surface area (TPSA) is 130 Å². The van der Waals surface area contributed by atoms with E-state index < -0.39 is 16.1 Å². The Kier molecular flexibility index (Phi) is 14.4. The number of piperidine rings is 2. The van der Waals surface area contributed by atoms with Gasteiger partial charge in [0.15, 0.2) is 26.6 Å². The molecule has 356 valence electrons. The number of hydrogen-bond acceptors (Lipinski definition) is 11. The molecule has 4 fully saturated rings. The molecular formula is C46H64Br2ClIN12O2Si2. The summed E-state index contributed by atoms with van der Waals surface area (Å²) in [5.41, 5.74) is 5.50. The van der Waals surface area contributed by atoms with Gasteiger partial charge in [0.25, 0.3) is 0 Å². The van der Waals surface area contributed by atoms with Crippen LogP contribution in [0.1, 0.15) is 65.2 Å². The van der Waals surface area contributed by atoms with Crippen LogP contribution in [-0.2, 0) is 30.0 Å². The van der Waals surface area contributed by atoms with Crippen LogP contribution in [0.2, 0.25) is 56.4 Å². The normalized spacial score (nSPS) is 23.2. The van der Waals surface area contributed by atoms with Crippen molar-refractivity contribution in [2.45, 2.75) is 154 Å². The molecule has 4 bridgehead atoms. The van der Waals surface area contributed by atoms with E-state index in [4.69, 9.17) is 46.1 Å². The molecule has 9 heterocycles. The van der Waals surface area contributed by atoms with Gasteiger partial charge in [-0.1, -0.05) is 64.7 Å². The van der Waals surface area contributed by atoms with Crippen LogP contribution in [0, 0.1) is 15.5 Å². The van der Waals surface area contributed by atoms with Crippen LogP contribution in [0.25, 0.3) is 44.5 Å². The number of benzene rings is 1. The van der Waals surface area contributed by atoms with Gasteiger partial charge in [-0.2, -0.15) is 15.3 Å². The first-order valence-corrected chi connectivity index (χ1v) is 34.2. The van der Waals surface area contributed by atoms with Gasteiger partial charge in [-0.25, -0.2) is 29.3 Å². The number of fused-ring (bicyclic) bond motifs is 7. The van der Waals surface area contributed by atoms with E-state index in [-0.39, 0.29) is 0 Å². The molecule has 0 aliphatic carbocycles. The number of aromatic nitrogens is 10. The van der Waals surface area contributed by atoms with E-state index >= 15 is 0 Å². The maximum atomic E-state index is 6.93. The predicted molar refractivity (Wildman–Crippen MR) is 287 cm³/mol. The molecule has 4 saturated heterocycles. The van der Waals surface area contributed by atoms with E-state index in [1.165, 1.54) is 51.4 Å². The third-order valence-electron chi connectivity index (χ3n) is 13.8. The lowest BCUT2D eigenvalue weighted by Crippen LogP contribution is -2.43. The molecule has 0 radical (unpaired) electrons. The van der Waals surface area contributed by atoms with Crippen LogP contribution in [0.4, 0.5) is 11.6 Å². The first-order chi connectivity index (χ1) is 31.3. The lowest BCUT2D eigenvalue weighted by Gasteiger charge is -2.38. The fourth-order valence-electron chi connectivity index (χ4n) is 10.6. The minimum Gasteiger partial charge on any atom is -0.359 e. The molecule has 0 saturated carbocycles. The highest BCUT2D eigenvalue weighted by molar-refractivity contribution is 14.1. The Hall–Kier alpha value is -2.28. The summed E-state index contributed by atoms with van der Waals surface area (Å²) in [5.74, 6) is 3.45. The fraction of sp³-hybridized carbons (Fsp3) is 0.630. The molecular weight excluding hydrogens is 1130 g/mol. The number of nitrogens with zero attached hydrogens (tertiary/aromatic N) is 12.